The third-order valence-electron chi connectivity index (χ3n) is 3.58. The predicted molar refractivity (Wildman–Crippen MR) is 87.3 cm³/mol. The Morgan fingerprint density at radius 1 is 1.04 bits per heavy atom. The molecule has 0 amide bonds. The van der Waals surface area contributed by atoms with Crippen molar-refractivity contribution < 1.29 is 19.1 Å². The van der Waals surface area contributed by atoms with Gasteiger partial charge < -0.3 is 9.47 Å². The molecule has 0 bridgehead atoms. The molecule has 0 aliphatic carbocycles. The van der Waals surface area contributed by atoms with Gasteiger partial charge in [0.05, 0.1) is 11.4 Å². The molecule has 0 N–H and O–H groups in total. The zero-order valence-electron chi connectivity index (χ0n) is 14.0. The average molecular weight is 326 g/mol. The fraction of sp³-hybridized carbons (Fsp3) is 0.278. The smallest absolute Gasteiger partial charge is 0.348 e. The highest BCUT2D eigenvalue weighted by molar-refractivity contribution is 6.18. The Hall–Kier alpha value is -2.89. The molecule has 1 fully saturated rings. The molecule has 0 radical (unpaired) electrons. The van der Waals surface area contributed by atoms with E-state index in [1.807, 2.05) is 36.7 Å². The monoisotopic (exact) mass is 326 g/mol. The molecule has 1 saturated heterocycles. The maximum Gasteiger partial charge on any atom is 0.348 e. The zero-order valence-corrected chi connectivity index (χ0v) is 14.0. The standard InChI is InChI=1S/C18H18N2O4/c1-11-9-12(2)20(19-11)14-7-5-13(6-8-14)10-15-16(21)23-18(3,4)24-17(15)22/h5-10H,1-4H3. The normalized spacial score (nSPS) is 16.6. The Morgan fingerprint density at radius 2 is 1.62 bits per heavy atom. The van der Waals surface area contributed by atoms with Crippen molar-refractivity contribution in [3.8, 4) is 5.69 Å². The van der Waals surface area contributed by atoms with Gasteiger partial charge in [0.25, 0.3) is 5.79 Å². The second-order valence-corrected chi connectivity index (χ2v) is 6.17. The molecule has 0 spiro atoms. The summed E-state index contributed by atoms with van der Waals surface area (Å²) in [6.07, 6.45) is 1.46. The molecule has 1 aliphatic rings. The second kappa shape index (κ2) is 5.63. The summed E-state index contributed by atoms with van der Waals surface area (Å²) in [6.45, 7) is 6.95. The molecule has 6 heteroatoms. The molecule has 0 atom stereocenters. The molecule has 1 aromatic carbocycles. The van der Waals surface area contributed by atoms with Crippen molar-refractivity contribution in [1.29, 1.82) is 0 Å². The largest absolute Gasteiger partial charge is 0.419 e. The van der Waals surface area contributed by atoms with Crippen molar-refractivity contribution in [2.24, 2.45) is 0 Å². The summed E-state index contributed by atoms with van der Waals surface area (Å²) in [5.41, 5.74) is 3.45. The molecular formula is C18H18N2O4. The number of benzene rings is 1. The fourth-order valence-electron chi connectivity index (χ4n) is 2.55. The van der Waals surface area contributed by atoms with Crippen LogP contribution in [0.3, 0.4) is 0 Å². The summed E-state index contributed by atoms with van der Waals surface area (Å²) < 4.78 is 12.0. The summed E-state index contributed by atoms with van der Waals surface area (Å²) in [5.74, 6) is -2.59. The number of nitrogens with zero attached hydrogens (tertiary/aromatic N) is 2. The van der Waals surface area contributed by atoms with Crippen molar-refractivity contribution in [3.63, 3.8) is 0 Å². The lowest BCUT2D eigenvalue weighted by atomic mass is 10.1. The van der Waals surface area contributed by atoms with Gasteiger partial charge in [-0.2, -0.15) is 5.10 Å². The lowest BCUT2D eigenvalue weighted by Crippen LogP contribution is -2.41. The van der Waals surface area contributed by atoms with Crippen LogP contribution < -0.4 is 0 Å². The first-order chi connectivity index (χ1) is 11.2. The third kappa shape index (κ3) is 3.08. The van der Waals surface area contributed by atoms with Crippen LogP contribution >= 0.6 is 0 Å². The number of aryl methyl sites for hydroxylation is 2. The van der Waals surface area contributed by atoms with Crippen molar-refractivity contribution in [2.45, 2.75) is 33.5 Å². The number of hydrogen-bond acceptors (Lipinski definition) is 5. The van der Waals surface area contributed by atoms with Gasteiger partial charge in [0.2, 0.25) is 0 Å². The molecule has 6 nitrogen and oxygen atoms in total. The van der Waals surface area contributed by atoms with E-state index in [1.54, 1.807) is 12.1 Å². The minimum absolute atomic E-state index is 0.117. The molecule has 0 unspecified atom stereocenters. The Labute approximate surface area is 139 Å². The van der Waals surface area contributed by atoms with Crippen LogP contribution in [0.5, 0.6) is 0 Å². The lowest BCUT2D eigenvalue weighted by Gasteiger charge is -2.29. The van der Waals surface area contributed by atoms with Crippen molar-refractivity contribution in [2.75, 3.05) is 0 Å². The maximum absolute atomic E-state index is 12.0. The highest BCUT2D eigenvalue weighted by atomic mass is 16.7. The van der Waals surface area contributed by atoms with E-state index in [4.69, 9.17) is 9.47 Å². The van der Waals surface area contributed by atoms with Gasteiger partial charge in [-0.25, -0.2) is 14.3 Å². The Balaban J connectivity index is 1.88. The summed E-state index contributed by atoms with van der Waals surface area (Å²) >= 11 is 0. The summed E-state index contributed by atoms with van der Waals surface area (Å²) in [4.78, 5) is 23.9. The Bertz CT molecular complexity index is 822. The van der Waals surface area contributed by atoms with E-state index >= 15 is 0 Å². The van der Waals surface area contributed by atoms with E-state index in [0.29, 0.717) is 5.56 Å². The van der Waals surface area contributed by atoms with Gasteiger partial charge in [-0.1, -0.05) is 12.1 Å². The van der Waals surface area contributed by atoms with Crippen LogP contribution in [0.4, 0.5) is 0 Å². The second-order valence-electron chi connectivity index (χ2n) is 6.17. The molecule has 124 valence electrons. The first kappa shape index (κ1) is 16.0. The van der Waals surface area contributed by atoms with Crippen molar-refractivity contribution in [1.82, 2.24) is 9.78 Å². The SMILES string of the molecule is Cc1cc(C)n(-c2ccc(C=C3C(=O)OC(C)(C)OC3=O)cc2)n1. The number of ether oxygens (including phenoxy) is 2. The maximum atomic E-state index is 12.0. The van der Waals surface area contributed by atoms with E-state index in [9.17, 15) is 9.59 Å². The van der Waals surface area contributed by atoms with E-state index < -0.39 is 17.7 Å². The summed E-state index contributed by atoms with van der Waals surface area (Å²) in [6, 6.07) is 9.34. The third-order valence-corrected chi connectivity index (χ3v) is 3.58. The fourth-order valence-corrected chi connectivity index (χ4v) is 2.55. The van der Waals surface area contributed by atoms with Crippen LogP contribution in [0.25, 0.3) is 11.8 Å². The molecule has 2 heterocycles. The first-order valence-corrected chi connectivity index (χ1v) is 7.57. The van der Waals surface area contributed by atoms with E-state index in [-0.39, 0.29) is 5.57 Å². The average Bonchev–Trinajstić information content (AvgIpc) is 2.81. The van der Waals surface area contributed by atoms with Crippen LogP contribution in [0.2, 0.25) is 0 Å². The topological polar surface area (TPSA) is 70.4 Å². The minimum Gasteiger partial charge on any atom is -0.419 e. The van der Waals surface area contributed by atoms with E-state index in [0.717, 1.165) is 17.1 Å². The molecule has 1 aromatic heterocycles. The van der Waals surface area contributed by atoms with Crippen molar-refractivity contribution in [3.05, 3.63) is 52.9 Å². The molecule has 0 saturated carbocycles. The van der Waals surface area contributed by atoms with Gasteiger partial charge in [-0.05, 0) is 43.7 Å². The molecule has 3 rings (SSSR count). The van der Waals surface area contributed by atoms with Crippen LogP contribution in [-0.4, -0.2) is 27.5 Å². The van der Waals surface area contributed by atoms with E-state index in [2.05, 4.69) is 5.10 Å². The van der Waals surface area contributed by atoms with Gasteiger partial charge in [0.1, 0.15) is 5.57 Å². The Morgan fingerprint density at radius 3 is 2.12 bits per heavy atom. The first-order valence-electron chi connectivity index (χ1n) is 7.57. The van der Waals surface area contributed by atoms with Gasteiger partial charge in [-0.3, -0.25) is 0 Å². The van der Waals surface area contributed by atoms with Crippen molar-refractivity contribution >= 4 is 18.0 Å². The van der Waals surface area contributed by atoms with Gasteiger partial charge >= 0.3 is 11.9 Å². The highest BCUT2D eigenvalue weighted by Gasteiger charge is 2.38. The number of esters is 2. The van der Waals surface area contributed by atoms with Gasteiger partial charge in [0, 0.05) is 19.5 Å². The number of carbonyl (C=O) groups excluding carboxylic acids is 2. The van der Waals surface area contributed by atoms with Crippen LogP contribution in [-0.2, 0) is 19.1 Å². The Kier molecular flexibility index (Phi) is 3.75. The quantitative estimate of drug-likeness (QED) is 0.482. The van der Waals surface area contributed by atoms with Crippen LogP contribution in [0.15, 0.2) is 35.9 Å². The molecule has 24 heavy (non-hydrogen) atoms. The minimum atomic E-state index is -1.23. The number of aromatic nitrogens is 2. The molecular weight excluding hydrogens is 308 g/mol. The predicted octanol–water partition coefficient (Wildman–Crippen LogP) is 2.71. The van der Waals surface area contributed by atoms with Gasteiger partial charge in [-0.15, -0.1) is 0 Å². The number of rotatable bonds is 2. The van der Waals surface area contributed by atoms with Crippen LogP contribution in [0.1, 0.15) is 30.8 Å². The zero-order chi connectivity index (χ0) is 17.5. The van der Waals surface area contributed by atoms with Gasteiger partial charge in [0.15, 0.2) is 0 Å². The number of carbonyl (C=O) groups is 2. The van der Waals surface area contributed by atoms with Crippen LogP contribution in [0, 0.1) is 13.8 Å². The number of hydrogen-bond donors (Lipinski definition) is 0. The lowest BCUT2D eigenvalue weighted by molar-refractivity contribution is -0.222. The summed E-state index contributed by atoms with van der Waals surface area (Å²) in [7, 11) is 0. The molecule has 1 aliphatic heterocycles. The number of cyclic esters (lactones) is 2. The highest BCUT2D eigenvalue weighted by Crippen LogP contribution is 2.24. The van der Waals surface area contributed by atoms with E-state index in [1.165, 1.54) is 19.9 Å². The molecule has 2 aromatic rings. The summed E-state index contributed by atoms with van der Waals surface area (Å²) in [5, 5.41) is 4.42.